The summed E-state index contributed by atoms with van der Waals surface area (Å²) < 4.78 is 6.11. The van der Waals surface area contributed by atoms with Gasteiger partial charge in [0.2, 0.25) is 0 Å². The van der Waals surface area contributed by atoms with Crippen LogP contribution in [0, 0.1) is 0 Å². The molecule has 4 rings (SSSR count). The summed E-state index contributed by atoms with van der Waals surface area (Å²) in [6, 6.07) is 16.9. The van der Waals surface area contributed by atoms with Crippen molar-refractivity contribution in [3.63, 3.8) is 0 Å². The highest BCUT2D eigenvalue weighted by molar-refractivity contribution is 5.50. The maximum absolute atomic E-state index is 6.11. The van der Waals surface area contributed by atoms with Crippen LogP contribution in [-0.2, 0) is 0 Å². The Labute approximate surface area is 134 Å². The van der Waals surface area contributed by atoms with E-state index >= 15 is 0 Å². The summed E-state index contributed by atoms with van der Waals surface area (Å²) in [6.45, 7) is 10.1. The lowest BCUT2D eigenvalue weighted by molar-refractivity contribution is 0.476. The summed E-state index contributed by atoms with van der Waals surface area (Å²) >= 11 is 0. The molecule has 2 heterocycles. The number of fused-ring (bicyclic) bond motifs is 5. The Bertz CT molecular complexity index is 542. The van der Waals surface area contributed by atoms with Crippen LogP contribution >= 0.6 is 0 Å². The highest BCUT2D eigenvalue weighted by Crippen LogP contribution is 2.47. The van der Waals surface area contributed by atoms with Crippen LogP contribution in [0.15, 0.2) is 48.5 Å². The van der Waals surface area contributed by atoms with E-state index in [1.807, 2.05) is 39.8 Å². The zero-order chi connectivity index (χ0) is 15.9. The van der Waals surface area contributed by atoms with E-state index in [1.165, 1.54) is 11.1 Å². The lowest BCUT2D eigenvalue weighted by atomic mass is 9.84. The average Bonchev–Trinajstić information content (AvgIpc) is 3.04. The van der Waals surface area contributed by atoms with E-state index in [2.05, 4.69) is 41.7 Å². The van der Waals surface area contributed by atoms with Gasteiger partial charge in [-0.2, -0.15) is 0 Å². The molecular weight excluding hydrogens is 270 g/mol. The Morgan fingerprint density at radius 1 is 0.727 bits per heavy atom. The smallest absolute Gasteiger partial charge is 0.130 e. The van der Waals surface area contributed by atoms with Crippen LogP contribution in [-0.4, -0.2) is 13.1 Å². The molecule has 2 heteroatoms. The Hall–Kier alpha value is -1.80. The lowest BCUT2D eigenvalue weighted by Crippen LogP contribution is -2.08. The van der Waals surface area contributed by atoms with Gasteiger partial charge in [0, 0.05) is 24.9 Å². The third-order valence-corrected chi connectivity index (χ3v) is 4.07. The molecule has 0 aromatic heterocycles. The van der Waals surface area contributed by atoms with Gasteiger partial charge in [-0.25, -0.2) is 0 Å². The molecule has 2 aromatic carbocycles. The van der Waals surface area contributed by atoms with Gasteiger partial charge < -0.3 is 10.1 Å². The van der Waals surface area contributed by atoms with E-state index in [4.69, 9.17) is 4.74 Å². The molecule has 1 fully saturated rings. The maximum Gasteiger partial charge on any atom is 0.130 e. The predicted molar refractivity (Wildman–Crippen MR) is 94.0 cm³/mol. The maximum atomic E-state index is 6.11. The van der Waals surface area contributed by atoms with Gasteiger partial charge in [-0.15, -0.1) is 0 Å². The molecule has 0 saturated carbocycles. The van der Waals surface area contributed by atoms with Crippen molar-refractivity contribution in [1.82, 2.24) is 5.32 Å². The van der Waals surface area contributed by atoms with Gasteiger partial charge in [-0.3, -0.25) is 0 Å². The predicted octanol–water partition coefficient (Wildman–Crippen LogP) is 5.32. The second-order valence-corrected chi connectivity index (χ2v) is 5.05. The molecule has 1 N–H and O–H groups in total. The fourth-order valence-electron chi connectivity index (χ4n) is 3.21. The highest BCUT2D eigenvalue weighted by Gasteiger charge is 2.35. The molecule has 2 aliphatic heterocycles. The number of para-hydroxylation sites is 2. The van der Waals surface area contributed by atoms with E-state index in [0.717, 1.165) is 24.6 Å². The van der Waals surface area contributed by atoms with Crippen molar-refractivity contribution in [2.75, 3.05) is 13.1 Å². The van der Waals surface area contributed by atoms with E-state index in [0.29, 0.717) is 11.8 Å². The Kier molecular flexibility index (Phi) is 6.02. The minimum Gasteiger partial charge on any atom is -0.457 e. The molecule has 2 aliphatic rings. The van der Waals surface area contributed by atoms with Crippen LogP contribution in [0.3, 0.4) is 0 Å². The molecule has 1 saturated heterocycles. The standard InChI is InChI=1S/C16H15NO.2C2H6/c1-3-7-15-11(5-1)13-9-17-10-14(13)12-6-2-4-8-16(12)18-15;2*1-2/h1-8,13-14,17H,9-10H2;2*1-2H3/t13-,14?;;/m0../s1. The minimum atomic E-state index is 0.532. The van der Waals surface area contributed by atoms with Crippen molar-refractivity contribution in [1.29, 1.82) is 0 Å². The topological polar surface area (TPSA) is 21.3 Å². The van der Waals surface area contributed by atoms with E-state index < -0.39 is 0 Å². The molecule has 118 valence electrons. The fourth-order valence-corrected chi connectivity index (χ4v) is 3.21. The molecule has 0 radical (unpaired) electrons. The third-order valence-electron chi connectivity index (χ3n) is 4.07. The molecule has 2 nitrogen and oxygen atoms in total. The molecule has 2 atom stereocenters. The Morgan fingerprint density at radius 2 is 1.14 bits per heavy atom. The molecular formula is C20H27NO. The first-order valence-electron chi connectivity index (χ1n) is 8.50. The molecule has 22 heavy (non-hydrogen) atoms. The molecule has 0 spiro atoms. The van der Waals surface area contributed by atoms with Crippen LogP contribution < -0.4 is 10.1 Å². The van der Waals surface area contributed by atoms with Crippen LogP contribution in [0.5, 0.6) is 11.5 Å². The molecule has 0 aliphatic carbocycles. The lowest BCUT2D eigenvalue weighted by Gasteiger charge is -2.16. The van der Waals surface area contributed by atoms with Crippen molar-refractivity contribution in [2.45, 2.75) is 39.5 Å². The van der Waals surface area contributed by atoms with Gasteiger partial charge in [0.15, 0.2) is 0 Å². The van der Waals surface area contributed by atoms with Gasteiger partial charge >= 0.3 is 0 Å². The van der Waals surface area contributed by atoms with E-state index in [9.17, 15) is 0 Å². The first-order chi connectivity index (χ1) is 10.9. The quantitative estimate of drug-likeness (QED) is 0.711. The SMILES string of the molecule is CC.CC.c1ccc2c(c1)Oc1ccccc1[C@@H]1CNCC21. The van der Waals surface area contributed by atoms with E-state index in [1.54, 1.807) is 0 Å². The van der Waals surface area contributed by atoms with Gasteiger partial charge in [0.1, 0.15) is 11.5 Å². The number of hydrogen-bond acceptors (Lipinski definition) is 2. The second-order valence-electron chi connectivity index (χ2n) is 5.05. The van der Waals surface area contributed by atoms with Crippen molar-refractivity contribution in [3.8, 4) is 11.5 Å². The summed E-state index contributed by atoms with van der Waals surface area (Å²) in [5, 5.41) is 3.52. The monoisotopic (exact) mass is 297 g/mol. The summed E-state index contributed by atoms with van der Waals surface area (Å²) in [6.07, 6.45) is 0. The highest BCUT2D eigenvalue weighted by atomic mass is 16.5. The summed E-state index contributed by atoms with van der Waals surface area (Å²) in [5.41, 5.74) is 2.67. The number of nitrogens with one attached hydrogen (secondary N) is 1. The number of ether oxygens (including phenoxy) is 1. The number of benzene rings is 2. The molecule has 0 amide bonds. The number of hydrogen-bond donors (Lipinski definition) is 1. The summed E-state index contributed by atoms with van der Waals surface area (Å²) in [5.74, 6) is 3.09. The average molecular weight is 297 g/mol. The Morgan fingerprint density at radius 3 is 1.59 bits per heavy atom. The van der Waals surface area contributed by atoms with Crippen molar-refractivity contribution in [2.24, 2.45) is 0 Å². The van der Waals surface area contributed by atoms with Crippen LogP contribution in [0.4, 0.5) is 0 Å². The zero-order valence-corrected chi connectivity index (χ0v) is 14.1. The molecule has 0 bridgehead atoms. The van der Waals surface area contributed by atoms with Crippen LogP contribution in [0.25, 0.3) is 0 Å². The van der Waals surface area contributed by atoms with Crippen LogP contribution in [0.2, 0.25) is 0 Å². The second kappa shape index (κ2) is 8.00. The molecule has 1 unspecified atom stereocenters. The zero-order valence-electron chi connectivity index (χ0n) is 14.1. The normalized spacial score (nSPS) is 20.5. The van der Waals surface area contributed by atoms with Gasteiger partial charge in [0.05, 0.1) is 0 Å². The first-order valence-corrected chi connectivity index (χ1v) is 8.50. The summed E-state index contributed by atoms with van der Waals surface area (Å²) in [7, 11) is 0. The largest absolute Gasteiger partial charge is 0.457 e. The van der Waals surface area contributed by atoms with Crippen molar-refractivity contribution >= 4 is 0 Å². The fraction of sp³-hybridized carbons (Fsp3) is 0.400. The first kappa shape index (κ1) is 16.6. The molecule has 2 aromatic rings. The third kappa shape index (κ3) is 3.02. The van der Waals surface area contributed by atoms with Crippen molar-refractivity contribution in [3.05, 3.63) is 59.7 Å². The van der Waals surface area contributed by atoms with Crippen LogP contribution in [0.1, 0.15) is 50.7 Å². The van der Waals surface area contributed by atoms with Gasteiger partial charge in [0.25, 0.3) is 0 Å². The van der Waals surface area contributed by atoms with E-state index in [-0.39, 0.29) is 0 Å². The Balaban J connectivity index is 0.000000410. The summed E-state index contributed by atoms with van der Waals surface area (Å²) in [4.78, 5) is 0. The number of rotatable bonds is 0. The minimum absolute atomic E-state index is 0.532. The van der Waals surface area contributed by atoms with Gasteiger partial charge in [-0.1, -0.05) is 64.1 Å². The van der Waals surface area contributed by atoms with Gasteiger partial charge in [-0.05, 0) is 23.3 Å². The van der Waals surface area contributed by atoms with Crippen molar-refractivity contribution < 1.29 is 4.74 Å².